The predicted octanol–water partition coefficient (Wildman–Crippen LogP) is 2.62. The predicted molar refractivity (Wildman–Crippen MR) is 132 cm³/mol. The summed E-state index contributed by atoms with van der Waals surface area (Å²) >= 11 is 6.31. The molecule has 2 N–H and O–H groups in total. The lowest BCUT2D eigenvalue weighted by Gasteiger charge is -2.27. The molecular weight excluding hydrogens is 534 g/mol. The van der Waals surface area contributed by atoms with E-state index < -0.39 is 79.5 Å². The van der Waals surface area contributed by atoms with E-state index in [1.165, 1.54) is 19.1 Å². The number of alkyl halides is 2. The third kappa shape index (κ3) is 6.88. The first-order valence-electron chi connectivity index (χ1n) is 12.3. The summed E-state index contributed by atoms with van der Waals surface area (Å²) in [5.74, 6) is -1.78. The highest BCUT2D eigenvalue weighted by Crippen LogP contribution is 2.51. The SMILES string of the molecule is [2H]C([2H])(O[P@@](=O)(C[C@@H](C)C(=O)OC(C)C)Oc1ccccc1)[C@H]1O[C@@H](n2ccc(=O)[nH]c2=O)C(Cl)(CF)[C@H]1O. The molecule has 1 aliphatic rings. The van der Waals surface area contributed by atoms with Crippen LogP contribution in [0.15, 0.2) is 52.2 Å². The van der Waals surface area contributed by atoms with Gasteiger partial charge in [0.05, 0.1) is 27.5 Å². The number of benzene rings is 1. The molecule has 3 rings (SSSR count). The Hall–Kier alpha value is -2.50. The zero-order valence-electron chi connectivity index (χ0n) is 22.2. The van der Waals surface area contributed by atoms with Crippen LogP contribution in [0.1, 0.15) is 29.7 Å². The Balaban J connectivity index is 1.96. The minimum atomic E-state index is -4.57. The zero-order chi connectivity index (χ0) is 29.2. The molecule has 2 heterocycles. The van der Waals surface area contributed by atoms with Crippen LogP contribution in [0.2, 0.25) is 0 Å². The van der Waals surface area contributed by atoms with Gasteiger partial charge in [0.15, 0.2) is 6.23 Å². The van der Waals surface area contributed by atoms with E-state index in [0.717, 1.165) is 12.3 Å². The standard InChI is InChI=1S/C23H29ClFN2O9P/c1-14(2)34-20(30)15(3)12-37(32,36-16-7-5-4-6-8-16)33-11-17-19(29)23(24,13-25)21(35-17)27-10-9-18(28)26-22(27)31/h4-10,14-15,17,19,21,29H,11-13H2,1-3H3,(H,26,28,31)/t15-,17-,19+,21-,23?,37+/m1/s1/i11D2. The number of nitrogens with one attached hydrogen (secondary N) is 1. The molecule has 0 bridgehead atoms. The number of aliphatic hydroxyl groups excluding tert-OH is 1. The van der Waals surface area contributed by atoms with Crippen molar-refractivity contribution in [1.82, 2.24) is 9.55 Å². The number of hydrogen-bond acceptors (Lipinski definition) is 9. The number of esters is 1. The molecule has 0 radical (unpaired) electrons. The number of para-hydroxylation sites is 1. The molecule has 1 aliphatic heterocycles. The number of hydrogen-bond donors (Lipinski definition) is 2. The Bertz CT molecular complexity index is 1330. The van der Waals surface area contributed by atoms with Crippen LogP contribution in [0.4, 0.5) is 4.39 Å². The van der Waals surface area contributed by atoms with Gasteiger partial charge in [-0.3, -0.25) is 23.7 Å². The highest BCUT2D eigenvalue weighted by Gasteiger charge is 2.57. The van der Waals surface area contributed by atoms with Gasteiger partial charge in [-0.2, -0.15) is 0 Å². The molecular formula is C23H29ClFN2O9P. The molecule has 1 unspecified atom stereocenters. The van der Waals surface area contributed by atoms with Gasteiger partial charge >= 0.3 is 19.3 Å². The second-order valence-corrected chi connectivity index (χ2v) is 11.4. The molecule has 37 heavy (non-hydrogen) atoms. The summed E-state index contributed by atoms with van der Waals surface area (Å²) in [5.41, 5.74) is -1.83. The van der Waals surface area contributed by atoms with E-state index in [2.05, 4.69) is 0 Å². The number of ether oxygens (including phenoxy) is 2. The normalized spacial score (nSPS) is 27.2. The Morgan fingerprint density at radius 2 is 2.00 bits per heavy atom. The number of aliphatic hydroxyl groups is 1. The molecule has 1 saturated heterocycles. The highest BCUT2D eigenvalue weighted by atomic mass is 35.5. The van der Waals surface area contributed by atoms with Gasteiger partial charge in [0.2, 0.25) is 0 Å². The van der Waals surface area contributed by atoms with Crippen molar-refractivity contribution < 1.29 is 40.1 Å². The number of carbonyl (C=O) groups is 1. The lowest BCUT2D eigenvalue weighted by molar-refractivity contribution is -0.151. The molecule has 1 aromatic carbocycles. The number of nitrogens with zero attached hydrogens (tertiary/aromatic N) is 1. The Kier molecular flexibility index (Phi) is 8.41. The number of carbonyl (C=O) groups excluding carboxylic acids is 1. The van der Waals surface area contributed by atoms with E-state index >= 15 is 0 Å². The van der Waals surface area contributed by atoms with Crippen molar-refractivity contribution in [2.24, 2.45) is 5.92 Å². The first-order valence-corrected chi connectivity index (χ1v) is 13.4. The van der Waals surface area contributed by atoms with Gasteiger partial charge in [0, 0.05) is 12.3 Å². The van der Waals surface area contributed by atoms with Crippen LogP contribution >= 0.6 is 19.2 Å². The maximum Gasteiger partial charge on any atom is 0.380 e. The Morgan fingerprint density at radius 3 is 2.59 bits per heavy atom. The fourth-order valence-corrected chi connectivity index (χ4v) is 5.48. The van der Waals surface area contributed by atoms with Crippen molar-refractivity contribution in [3.05, 3.63) is 63.4 Å². The maximum atomic E-state index is 14.2. The van der Waals surface area contributed by atoms with E-state index in [1.54, 1.807) is 32.0 Å². The van der Waals surface area contributed by atoms with Gasteiger partial charge in [-0.05, 0) is 26.0 Å². The first kappa shape index (κ1) is 26.1. The molecule has 6 atom stereocenters. The van der Waals surface area contributed by atoms with E-state index in [0.29, 0.717) is 4.57 Å². The second kappa shape index (κ2) is 11.9. The molecule has 0 saturated carbocycles. The molecule has 2 aromatic rings. The molecule has 14 heteroatoms. The van der Waals surface area contributed by atoms with E-state index in [1.807, 2.05) is 4.98 Å². The number of rotatable bonds is 11. The largest absolute Gasteiger partial charge is 0.463 e. The topological polar surface area (TPSA) is 146 Å². The lowest BCUT2D eigenvalue weighted by atomic mass is 10.00. The van der Waals surface area contributed by atoms with Crippen LogP contribution in [0.25, 0.3) is 0 Å². The summed E-state index contributed by atoms with van der Waals surface area (Å²) in [6, 6.07) is 8.54. The van der Waals surface area contributed by atoms with Gasteiger partial charge < -0.3 is 19.1 Å². The molecule has 0 amide bonds. The summed E-state index contributed by atoms with van der Waals surface area (Å²) in [7, 11) is -4.57. The van der Waals surface area contributed by atoms with Crippen molar-refractivity contribution in [2.75, 3.05) is 19.4 Å². The molecule has 0 aliphatic carbocycles. The average molecular weight is 565 g/mol. The molecule has 0 spiro atoms. The Labute approximate surface area is 219 Å². The van der Waals surface area contributed by atoms with Gasteiger partial charge in [0.25, 0.3) is 5.56 Å². The summed E-state index contributed by atoms with van der Waals surface area (Å²) in [6.07, 6.45) is -6.21. The summed E-state index contributed by atoms with van der Waals surface area (Å²) in [5, 5.41) is 10.9. The number of H-pyrrole nitrogens is 1. The van der Waals surface area contributed by atoms with Crippen LogP contribution < -0.4 is 15.8 Å². The molecule has 11 nitrogen and oxygen atoms in total. The minimum Gasteiger partial charge on any atom is -0.463 e. The number of aromatic amines is 1. The number of halogens is 2. The Morgan fingerprint density at radius 1 is 1.32 bits per heavy atom. The zero-order valence-corrected chi connectivity index (χ0v) is 21.9. The third-order valence-corrected chi connectivity index (χ3v) is 7.70. The first-order chi connectivity index (χ1) is 18.1. The summed E-state index contributed by atoms with van der Waals surface area (Å²) in [4.78, 5) is 35.7. The molecule has 1 aromatic heterocycles. The summed E-state index contributed by atoms with van der Waals surface area (Å²) in [6.45, 7) is -0.0365. The van der Waals surface area contributed by atoms with E-state index in [9.17, 15) is 28.4 Å². The van der Waals surface area contributed by atoms with Gasteiger partial charge in [-0.1, -0.05) is 25.1 Å². The van der Waals surface area contributed by atoms with Crippen molar-refractivity contribution in [3.8, 4) is 5.75 Å². The smallest absolute Gasteiger partial charge is 0.380 e. The van der Waals surface area contributed by atoms with Crippen molar-refractivity contribution in [2.45, 2.75) is 50.2 Å². The minimum absolute atomic E-state index is 0.0297. The van der Waals surface area contributed by atoms with Crippen molar-refractivity contribution >= 4 is 25.2 Å². The van der Waals surface area contributed by atoms with Gasteiger partial charge in [-0.25, -0.2) is 13.8 Å². The monoisotopic (exact) mass is 564 g/mol. The van der Waals surface area contributed by atoms with Crippen molar-refractivity contribution in [3.63, 3.8) is 0 Å². The highest BCUT2D eigenvalue weighted by molar-refractivity contribution is 7.54. The maximum absolute atomic E-state index is 14.2. The van der Waals surface area contributed by atoms with Crippen LogP contribution in [0.3, 0.4) is 0 Å². The lowest BCUT2D eigenvalue weighted by Crippen LogP contribution is -2.46. The van der Waals surface area contributed by atoms with Gasteiger partial charge in [-0.15, -0.1) is 11.6 Å². The fraction of sp³-hybridized carbons (Fsp3) is 0.522. The molecule has 204 valence electrons. The van der Waals surface area contributed by atoms with Crippen LogP contribution in [-0.2, 0) is 23.4 Å². The summed E-state index contributed by atoms with van der Waals surface area (Å²) < 4.78 is 67.2. The fourth-order valence-electron chi connectivity index (χ4n) is 3.50. The van der Waals surface area contributed by atoms with Crippen LogP contribution in [0.5, 0.6) is 5.75 Å². The van der Waals surface area contributed by atoms with E-state index in [-0.39, 0.29) is 5.75 Å². The van der Waals surface area contributed by atoms with Crippen LogP contribution in [0, 0.1) is 5.92 Å². The average Bonchev–Trinajstić information content (AvgIpc) is 3.10. The second-order valence-electron chi connectivity index (χ2n) is 8.73. The van der Waals surface area contributed by atoms with Crippen LogP contribution in [-0.4, -0.2) is 63.2 Å². The molecule has 1 fully saturated rings. The van der Waals surface area contributed by atoms with E-state index in [4.69, 9.17) is 32.9 Å². The van der Waals surface area contributed by atoms with Crippen molar-refractivity contribution in [1.29, 1.82) is 0 Å². The van der Waals surface area contributed by atoms with Gasteiger partial charge in [0.1, 0.15) is 29.5 Å². The third-order valence-electron chi connectivity index (χ3n) is 5.32. The number of aromatic nitrogens is 2. The quantitative estimate of drug-likeness (QED) is 0.239.